The minimum Gasteiger partial charge on any atom is -0.355 e. The Morgan fingerprint density at radius 3 is 2.35 bits per heavy atom. The van der Waals surface area contributed by atoms with Gasteiger partial charge in [0.2, 0.25) is 5.91 Å². The number of amides is 3. The zero-order valence-electron chi connectivity index (χ0n) is 10.9. The fourth-order valence-corrected chi connectivity index (χ4v) is 2.03. The molecule has 0 radical (unpaired) electrons. The second kappa shape index (κ2) is 7.14. The average Bonchev–Trinajstić information content (AvgIpc) is 2.36. The molecule has 1 fully saturated rings. The molecule has 0 atom stereocenters. The molecule has 98 valence electrons. The number of nitrogens with zero attached hydrogens (tertiary/aromatic N) is 2. The number of likely N-dealkylation sites (tertiary alicyclic amines) is 1. The first-order valence-electron chi connectivity index (χ1n) is 6.49. The van der Waals surface area contributed by atoms with Crippen molar-refractivity contribution in [1.82, 2.24) is 15.1 Å². The fraction of sp³-hybridized carbons (Fsp3) is 0.833. The largest absolute Gasteiger partial charge is 0.355 e. The van der Waals surface area contributed by atoms with E-state index < -0.39 is 0 Å². The van der Waals surface area contributed by atoms with E-state index in [1.807, 2.05) is 18.7 Å². The quantitative estimate of drug-likeness (QED) is 0.800. The normalized spacial score (nSPS) is 15.5. The molecule has 5 heteroatoms. The van der Waals surface area contributed by atoms with Crippen LogP contribution in [0.1, 0.15) is 33.1 Å². The molecule has 0 aromatic heterocycles. The third-order valence-corrected chi connectivity index (χ3v) is 2.99. The highest BCUT2D eigenvalue weighted by atomic mass is 16.2. The Hall–Kier alpha value is -1.26. The standard InChI is InChI=1S/C12H23N3O2/c1-3-13-11(16)10-14(4-2)12(17)15-8-6-5-7-9-15/h3-10H2,1-2H3,(H,13,16). The van der Waals surface area contributed by atoms with E-state index >= 15 is 0 Å². The van der Waals surface area contributed by atoms with Gasteiger partial charge < -0.3 is 15.1 Å². The summed E-state index contributed by atoms with van der Waals surface area (Å²) in [6.45, 7) is 6.78. The van der Waals surface area contributed by atoms with Gasteiger partial charge in [0.1, 0.15) is 6.54 Å². The minimum atomic E-state index is -0.0836. The van der Waals surface area contributed by atoms with Crippen molar-refractivity contribution in [1.29, 1.82) is 0 Å². The van der Waals surface area contributed by atoms with E-state index in [4.69, 9.17) is 0 Å². The summed E-state index contributed by atoms with van der Waals surface area (Å²) in [7, 11) is 0. The minimum absolute atomic E-state index is 0.00143. The van der Waals surface area contributed by atoms with Crippen LogP contribution in [0.3, 0.4) is 0 Å². The summed E-state index contributed by atoms with van der Waals surface area (Å²) in [5, 5.41) is 2.72. The van der Waals surface area contributed by atoms with Crippen LogP contribution in [0, 0.1) is 0 Å². The first-order valence-corrected chi connectivity index (χ1v) is 6.49. The third-order valence-electron chi connectivity index (χ3n) is 2.99. The highest BCUT2D eigenvalue weighted by Crippen LogP contribution is 2.11. The highest BCUT2D eigenvalue weighted by Gasteiger charge is 2.22. The summed E-state index contributed by atoms with van der Waals surface area (Å²) in [6.07, 6.45) is 3.35. The Bertz CT molecular complexity index is 262. The van der Waals surface area contributed by atoms with Crippen molar-refractivity contribution in [2.75, 3.05) is 32.7 Å². The van der Waals surface area contributed by atoms with Crippen LogP contribution >= 0.6 is 0 Å². The van der Waals surface area contributed by atoms with E-state index in [1.54, 1.807) is 4.90 Å². The number of hydrogen-bond donors (Lipinski definition) is 1. The molecule has 1 aliphatic heterocycles. The summed E-state index contributed by atoms with van der Waals surface area (Å²) >= 11 is 0. The summed E-state index contributed by atoms with van der Waals surface area (Å²) in [5.74, 6) is -0.0836. The van der Waals surface area contributed by atoms with E-state index in [2.05, 4.69) is 5.32 Å². The van der Waals surface area contributed by atoms with Crippen LogP contribution in [0.25, 0.3) is 0 Å². The first-order chi connectivity index (χ1) is 8.19. The topological polar surface area (TPSA) is 52.7 Å². The number of nitrogens with one attached hydrogen (secondary N) is 1. The van der Waals surface area contributed by atoms with Gasteiger partial charge in [-0.05, 0) is 33.1 Å². The zero-order valence-corrected chi connectivity index (χ0v) is 10.9. The number of carbonyl (C=O) groups is 2. The van der Waals surface area contributed by atoms with Gasteiger partial charge >= 0.3 is 6.03 Å². The fourth-order valence-electron chi connectivity index (χ4n) is 2.03. The van der Waals surface area contributed by atoms with E-state index in [1.165, 1.54) is 6.42 Å². The predicted molar refractivity (Wildman–Crippen MR) is 66.8 cm³/mol. The molecule has 17 heavy (non-hydrogen) atoms. The molecule has 0 bridgehead atoms. The Morgan fingerprint density at radius 2 is 1.82 bits per heavy atom. The molecule has 0 saturated carbocycles. The zero-order chi connectivity index (χ0) is 12.7. The van der Waals surface area contributed by atoms with Gasteiger partial charge in [0.05, 0.1) is 0 Å². The molecule has 3 amide bonds. The molecule has 0 aliphatic carbocycles. The number of rotatable bonds is 4. The summed E-state index contributed by atoms with van der Waals surface area (Å²) < 4.78 is 0. The monoisotopic (exact) mass is 241 g/mol. The van der Waals surface area contributed by atoms with Gasteiger partial charge in [0, 0.05) is 26.2 Å². The summed E-state index contributed by atoms with van der Waals surface area (Å²) in [6, 6.07) is -0.00143. The van der Waals surface area contributed by atoms with Crippen LogP contribution in [0.15, 0.2) is 0 Å². The number of urea groups is 1. The van der Waals surface area contributed by atoms with Crippen LogP contribution < -0.4 is 5.32 Å². The SMILES string of the molecule is CCNC(=O)CN(CC)C(=O)N1CCCCC1. The van der Waals surface area contributed by atoms with Gasteiger partial charge in [-0.3, -0.25) is 4.79 Å². The summed E-state index contributed by atoms with van der Waals surface area (Å²) in [4.78, 5) is 27.1. The lowest BCUT2D eigenvalue weighted by Crippen LogP contribution is -2.48. The smallest absolute Gasteiger partial charge is 0.320 e. The van der Waals surface area contributed by atoms with Crippen molar-refractivity contribution in [3.63, 3.8) is 0 Å². The van der Waals surface area contributed by atoms with Crippen LogP contribution in [0.5, 0.6) is 0 Å². The second-order valence-corrected chi connectivity index (χ2v) is 4.30. The lowest BCUT2D eigenvalue weighted by Gasteiger charge is -2.32. The second-order valence-electron chi connectivity index (χ2n) is 4.30. The van der Waals surface area contributed by atoms with Crippen molar-refractivity contribution in [2.24, 2.45) is 0 Å². The number of likely N-dealkylation sites (N-methyl/N-ethyl adjacent to an activating group) is 2. The van der Waals surface area contributed by atoms with Crippen molar-refractivity contribution in [3.8, 4) is 0 Å². The molecular weight excluding hydrogens is 218 g/mol. The van der Waals surface area contributed by atoms with Gasteiger partial charge in [0.25, 0.3) is 0 Å². The van der Waals surface area contributed by atoms with Crippen LogP contribution in [0.4, 0.5) is 4.79 Å². The van der Waals surface area contributed by atoms with E-state index in [-0.39, 0.29) is 18.5 Å². The maximum Gasteiger partial charge on any atom is 0.320 e. The molecular formula is C12H23N3O2. The third kappa shape index (κ3) is 4.24. The molecule has 1 N–H and O–H groups in total. The number of carbonyl (C=O) groups excluding carboxylic acids is 2. The maximum atomic E-state index is 12.1. The number of piperidine rings is 1. The Balaban J connectivity index is 2.47. The van der Waals surface area contributed by atoms with Crippen molar-refractivity contribution in [3.05, 3.63) is 0 Å². The number of hydrogen-bond acceptors (Lipinski definition) is 2. The van der Waals surface area contributed by atoms with Crippen LogP contribution in [-0.4, -0.2) is 54.5 Å². The molecule has 0 unspecified atom stereocenters. The maximum absolute atomic E-state index is 12.1. The molecule has 1 saturated heterocycles. The molecule has 1 rings (SSSR count). The molecule has 1 heterocycles. The van der Waals surface area contributed by atoms with E-state index in [0.29, 0.717) is 13.1 Å². The van der Waals surface area contributed by atoms with Crippen LogP contribution in [0.2, 0.25) is 0 Å². The molecule has 5 nitrogen and oxygen atoms in total. The van der Waals surface area contributed by atoms with Crippen molar-refractivity contribution >= 4 is 11.9 Å². The van der Waals surface area contributed by atoms with Crippen molar-refractivity contribution < 1.29 is 9.59 Å². The lowest BCUT2D eigenvalue weighted by molar-refractivity contribution is -0.121. The Labute approximate surface area is 103 Å². The Kier molecular flexibility index (Phi) is 5.80. The summed E-state index contributed by atoms with van der Waals surface area (Å²) in [5.41, 5.74) is 0. The van der Waals surface area contributed by atoms with Crippen molar-refractivity contribution in [2.45, 2.75) is 33.1 Å². The van der Waals surface area contributed by atoms with Gasteiger partial charge in [-0.2, -0.15) is 0 Å². The van der Waals surface area contributed by atoms with Gasteiger partial charge in [-0.15, -0.1) is 0 Å². The molecule has 0 aromatic carbocycles. The van der Waals surface area contributed by atoms with E-state index in [0.717, 1.165) is 25.9 Å². The van der Waals surface area contributed by atoms with Gasteiger partial charge in [0.15, 0.2) is 0 Å². The van der Waals surface area contributed by atoms with Gasteiger partial charge in [-0.1, -0.05) is 0 Å². The average molecular weight is 241 g/mol. The molecule has 0 aromatic rings. The lowest BCUT2D eigenvalue weighted by atomic mass is 10.1. The highest BCUT2D eigenvalue weighted by molar-refractivity contribution is 5.84. The van der Waals surface area contributed by atoms with Gasteiger partial charge in [-0.25, -0.2) is 4.79 Å². The molecule has 0 spiro atoms. The first kappa shape index (κ1) is 13.8. The predicted octanol–water partition coefficient (Wildman–Crippen LogP) is 1.05. The van der Waals surface area contributed by atoms with E-state index in [9.17, 15) is 9.59 Å². The van der Waals surface area contributed by atoms with Crippen LogP contribution in [-0.2, 0) is 4.79 Å². The molecule has 1 aliphatic rings. The Morgan fingerprint density at radius 1 is 1.18 bits per heavy atom.